The van der Waals surface area contributed by atoms with Gasteiger partial charge in [-0.15, -0.1) is 11.3 Å². The summed E-state index contributed by atoms with van der Waals surface area (Å²) in [5.41, 5.74) is 1.79. The molecule has 0 aliphatic carbocycles. The van der Waals surface area contributed by atoms with Gasteiger partial charge in [-0.1, -0.05) is 55.5 Å². The number of amides is 1. The predicted octanol–water partition coefficient (Wildman–Crippen LogP) is 6.94. The molecule has 1 N–H and O–H groups in total. The molecule has 8 heteroatoms. The van der Waals surface area contributed by atoms with Crippen LogP contribution in [-0.2, 0) is 11.3 Å². The molecule has 0 aliphatic rings. The van der Waals surface area contributed by atoms with E-state index in [2.05, 4.69) is 5.32 Å². The van der Waals surface area contributed by atoms with Gasteiger partial charge in [0, 0.05) is 34.3 Å². The maximum Gasteiger partial charge on any atom is 0.224 e. The SMILES string of the molecule is CCC(=O)Nc1ccc(-c2sc3c(c2C)c(=O)c(C(=O)c2ccccc2)cn3Cc2c(F)cccc2F)cc1. The van der Waals surface area contributed by atoms with Gasteiger partial charge < -0.3 is 9.88 Å². The zero-order valence-corrected chi connectivity index (χ0v) is 22.1. The van der Waals surface area contributed by atoms with E-state index in [1.807, 2.05) is 12.1 Å². The van der Waals surface area contributed by atoms with Crippen molar-refractivity contribution in [3.8, 4) is 10.4 Å². The van der Waals surface area contributed by atoms with Crippen LogP contribution in [0.4, 0.5) is 14.5 Å². The van der Waals surface area contributed by atoms with Crippen molar-refractivity contribution in [2.75, 3.05) is 5.32 Å². The average molecular weight is 543 g/mol. The van der Waals surface area contributed by atoms with Crippen LogP contribution in [0.1, 0.15) is 40.4 Å². The van der Waals surface area contributed by atoms with Crippen molar-refractivity contribution >= 4 is 38.9 Å². The largest absolute Gasteiger partial charge is 0.334 e. The minimum absolute atomic E-state index is 0.0736. The standard InChI is InChI=1S/C31H24F2N2O3S/c1-3-26(36)34-21-14-12-20(13-15-21)30-18(2)27-29(38)23(28(37)19-8-5-4-6-9-19)17-35(31(27)39-30)16-22-24(32)10-7-11-25(22)33/h4-15,17H,3,16H2,1-2H3,(H,34,36). The van der Waals surface area contributed by atoms with E-state index in [1.165, 1.54) is 35.7 Å². The number of carbonyl (C=O) groups excluding carboxylic acids is 2. The summed E-state index contributed by atoms with van der Waals surface area (Å²) < 4.78 is 30.8. The van der Waals surface area contributed by atoms with Crippen LogP contribution in [-0.4, -0.2) is 16.3 Å². The Kier molecular flexibility index (Phi) is 7.21. The smallest absolute Gasteiger partial charge is 0.224 e. The Morgan fingerprint density at radius 2 is 1.59 bits per heavy atom. The van der Waals surface area contributed by atoms with Crippen molar-refractivity contribution in [1.82, 2.24) is 4.57 Å². The molecule has 39 heavy (non-hydrogen) atoms. The Hall–Kier alpha value is -4.43. The molecule has 2 heterocycles. The van der Waals surface area contributed by atoms with E-state index < -0.39 is 22.8 Å². The number of aryl methyl sites for hydroxylation is 1. The quantitative estimate of drug-likeness (QED) is 0.227. The van der Waals surface area contributed by atoms with Crippen LogP contribution in [0.3, 0.4) is 0 Å². The highest BCUT2D eigenvalue weighted by Gasteiger charge is 2.23. The predicted molar refractivity (Wildman–Crippen MR) is 151 cm³/mol. The second kappa shape index (κ2) is 10.7. The van der Waals surface area contributed by atoms with Gasteiger partial charge in [0.15, 0.2) is 5.78 Å². The molecule has 0 aliphatic heterocycles. The molecule has 1 amide bonds. The van der Waals surface area contributed by atoms with Gasteiger partial charge in [0.1, 0.15) is 16.5 Å². The first kappa shape index (κ1) is 26.2. The lowest BCUT2D eigenvalue weighted by molar-refractivity contribution is -0.115. The van der Waals surface area contributed by atoms with Crippen molar-refractivity contribution in [2.45, 2.75) is 26.8 Å². The van der Waals surface area contributed by atoms with E-state index in [4.69, 9.17) is 0 Å². The second-order valence-corrected chi connectivity index (χ2v) is 10.1. The molecule has 0 atom stereocenters. The first-order valence-corrected chi connectivity index (χ1v) is 13.2. The number of anilines is 1. The van der Waals surface area contributed by atoms with E-state index >= 15 is 0 Å². The second-order valence-electron chi connectivity index (χ2n) is 9.11. The number of pyridine rings is 1. The van der Waals surface area contributed by atoms with Gasteiger partial charge in [0.05, 0.1) is 17.5 Å². The highest BCUT2D eigenvalue weighted by Crippen LogP contribution is 2.38. The number of hydrogen-bond acceptors (Lipinski definition) is 4. The molecule has 0 bridgehead atoms. The third kappa shape index (κ3) is 5.03. The van der Waals surface area contributed by atoms with Crippen LogP contribution < -0.4 is 10.7 Å². The summed E-state index contributed by atoms with van der Waals surface area (Å²) in [6, 6.07) is 19.3. The Labute approximate surface area is 227 Å². The van der Waals surface area contributed by atoms with Crippen LogP contribution in [0.2, 0.25) is 0 Å². The van der Waals surface area contributed by atoms with Crippen molar-refractivity contribution in [1.29, 1.82) is 0 Å². The Balaban J connectivity index is 1.70. The fourth-order valence-corrected chi connectivity index (χ4v) is 5.77. The molecule has 0 saturated heterocycles. The van der Waals surface area contributed by atoms with Crippen molar-refractivity contribution < 1.29 is 18.4 Å². The monoisotopic (exact) mass is 542 g/mol. The number of halogens is 2. The van der Waals surface area contributed by atoms with E-state index in [9.17, 15) is 23.2 Å². The molecule has 0 saturated carbocycles. The summed E-state index contributed by atoms with van der Waals surface area (Å²) in [5.74, 6) is -1.99. The minimum atomic E-state index is -0.712. The third-order valence-electron chi connectivity index (χ3n) is 6.57. The molecular formula is C31H24F2N2O3S. The minimum Gasteiger partial charge on any atom is -0.334 e. The van der Waals surface area contributed by atoms with Gasteiger partial charge in [-0.2, -0.15) is 0 Å². The Morgan fingerprint density at radius 3 is 2.23 bits per heavy atom. The zero-order chi connectivity index (χ0) is 27.7. The van der Waals surface area contributed by atoms with Crippen LogP contribution in [0.25, 0.3) is 20.7 Å². The van der Waals surface area contributed by atoms with E-state index in [1.54, 1.807) is 60.9 Å². The first-order valence-electron chi connectivity index (χ1n) is 12.4. The number of hydrogen-bond donors (Lipinski definition) is 1. The number of nitrogens with zero attached hydrogens (tertiary/aromatic N) is 1. The van der Waals surface area contributed by atoms with Crippen molar-refractivity contribution in [3.63, 3.8) is 0 Å². The molecule has 0 spiro atoms. The highest BCUT2D eigenvalue weighted by molar-refractivity contribution is 7.22. The van der Waals surface area contributed by atoms with Gasteiger partial charge in [-0.3, -0.25) is 14.4 Å². The molecule has 5 nitrogen and oxygen atoms in total. The van der Waals surface area contributed by atoms with Gasteiger partial charge in [0.25, 0.3) is 0 Å². The summed E-state index contributed by atoms with van der Waals surface area (Å²) in [4.78, 5) is 40.2. The molecule has 5 rings (SSSR count). The fraction of sp³-hybridized carbons (Fsp3) is 0.129. The number of fused-ring (bicyclic) bond motifs is 1. The van der Waals surface area contributed by atoms with Gasteiger partial charge in [-0.25, -0.2) is 8.78 Å². The summed E-state index contributed by atoms with van der Waals surface area (Å²) in [6.45, 7) is 3.36. The number of carbonyl (C=O) groups is 2. The fourth-order valence-electron chi connectivity index (χ4n) is 4.48. The lowest BCUT2D eigenvalue weighted by atomic mass is 10.0. The molecule has 3 aromatic carbocycles. The number of thiophene rings is 1. The Morgan fingerprint density at radius 1 is 0.923 bits per heavy atom. The van der Waals surface area contributed by atoms with Crippen LogP contribution in [0, 0.1) is 18.6 Å². The number of rotatable bonds is 7. The number of benzene rings is 3. The highest BCUT2D eigenvalue weighted by atomic mass is 32.1. The number of aromatic nitrogens is 1. The molecule has 5 aromatic rings. The normalized spacial score (nSPS) is 11.1. The summed E-state index contributed by atoms with van der Waals surface area (Å²) in [6.07, 6.45) is 1.76. The van der Waals surface area contributed by atoms with E-state index in [0.717, 1.165) is 10.4 Å². The first-order chi connectivity index (χ1) is 18.8. The van der Waals surface area contributed by atoms with E-state index in [0.29, 0.717) is 33.5 Å². The number of nitrogens with one attached hydrogen (secondary N) is 1. The summed E-state index contributed by atoms with van der Waals surface area (Å²) in [7, 11) is 0. The molecule has 2 aromatic heterocycles. The molecule has 0 fully saturated rings. The van der Waals surface area contributed by atoms with Gasteiger partial charge in [-0.05, 0) is 42.3 Å². The third-order valence-corrected chi connectivity index (χ3v) is 7.95. The van der Waals surface area contributed by atoms with Crippen molar-refractivity contribution in [2.24, 2.45) is 0 Å². The molecule has 0 unspecified atom stereocenters. The summed E-state index contributed by atoms with van der Waals surface area (Å²) in [5, 5.41) is 3.14. The zero-order valence-electron chi connectivity index (χ0n) is 21.3. The molecule has 196 valence electrons. The molecule has 0 radical (unpaired) electrons. The summed E-state index contributed by atoms with van der Waals surface area (Å²) >= 11 is 1.31. The van der Waals surface area contributed by atoms with Crippen LogP contribution in [0.15, 0.2) is 83.8 Å². The van der Waals surface area contributed by atoms with Crippen molar-refractivity contribution in [3.05, 3.63) is 123 Å². The lowest BCUT2D eigenvalue weighted by Crippen LogP contribution is -2.20. The van der Waals surface area contributed by atoms with Gasteiger partial charge in [0.2, 0.25) is 11.3 Å². The Bertz CT molecular complexity index is 1750. The van der Waals surface area contributed by atoms with Gasteiger partial charge >= 0.3 is 0 Å². The van der Waals surface area contributed by atoms with Crippen LogP contribution >= 0.6 is 11.3 Å². The maximum absolute atomic E-state index is 14.6. The number of ketones is 1. The average Bonchev–Trinajstić information content (AvgIpc) is 3.30. The van der Waals surface area contributed by atoms with Crippen LogP contribution in [0.5, 0.6) is 0 Å². The van der Waals surface area contributed by atoms with E-state index in [-0.39, 0.29) is 23.6 Å². The maximum atomic E-state index is 14.6. The lowest BCUT2D eigenvalue weighted by Gasteiger charge is -2.12. The molecular weight excluding hydrogens is 518 g/mol. The topological polar surface area (TPSA) is 68.2 Å².